The summed E-state index contributed by atoms with van der Waals surface area (Å²) in [5, 5.41) is 8.84. The van der Waals surface area contributed by atoms with Crippen LogP contribution in [0.25, 0.3) is 6.08 Å². The van der Waals surface area contributed by atoms with Gasteiger partial charge in [-0.05, 0) is 24.6 Å². The molecule has 0 fully saturated rings. The van der Waals surface area contributed by atoms with Gasteiger partial charge in [0.05, 0.1) is 17.2 Å². The van der Waals surface area contributed by atoms with Gasteiger partial charge in [-0.1, -0.05) is 23.2 Å². The molecule has 0 saturated heterocycles. The van der Waals surface area contributed by atoms with E-state index in [1.807, 2.05) is 0 Å². The summed E-state index contributed by atoms with van der Waals surface area (Å²) in [6.07, 6.45) is -7.12. The van der Waals surface area contributed by atoms with E-state index in [-0.39, 0.29) is 40.8 Å². The average molecular weight is 474 g/mol. The number of benzene rings is 1. The zero-order valence-corrected chi connectivity index (χ0v) is 16.3. The van der Waals surface area contributed by atoms with Crippen LogP contribution in [0.2, 0.25) is 10.0 Å². The van der Waals surface area contributed by atoms with Crippen molar-refractivity contribution in [2.45, 2.75) is 25.1 Å². The van der Waals surface area contributed by atoms with Gasteiger partial charge in [0.2, 0.25) is 12.9 Å². The van der Waals surface area contributed by atoms with Crippen LogP contribution in [-0.4, -0.2) is 42.7 Å². The molecule has 0 saturated carbocycles. The van der Waals surface area contributed by atoms with Gasteiger partial charge in [0.1, 0.15) is 5.75 Å². The summed E-state index contributed by atoms with van der Waals surface area (Å²) in [6.45, 7) is -1.33. The van der Waals surface area contributed by atoms with Crippen molar-refractivity contribution in [3.8, 4) is 5.75 Å². The number of carbonyl (C=O) groups is 2. The van der Waals surface area contributed by atoms with Gasteiger partial charge in [-0.25, -0.2) is 4.79 Å². The Morgan fingerprint density at radius 2 is 1.93 bits per heavy atom. The zero-order chi connectivity index (χ0) is 22.5. The molecule has 1 atom stereocenters. The Bertz CT molecular complexity index is 875. The highest BCUT2D eigenvalue weighted by molar-refractivity contribution is 6.36. The molecule has 2 rings (SSSR count). The third-order valence-corrected chi connectivity index (χ3v) is 4.03. The van der Waals surface area contributed by atoms with Crippen molar-refractivity contribution in [1.29, 1.82) is 0 Å². The van der Waals surface area contributed by atoms with E-state index >= 15 is 0 Å². The van der Waals surface area contributed by atoms with Crippen LogP contribution >= 0.6 is 23.2 Å². The van der Waals surface area contributed by atoms with Crippen LogP contribution in [0, 0.1) is 10.1 Å². The number of alkyl halides is 3. The smallest absolute Gasteiger partial charge is 0.430 e. The number of fused-ring (bicyclic) bond motifs is 1. The molecule has 164 valence electrons. The molecule has 0 bridgehead atoms. The monoisotopic (exact) mass is 473 g/mol. The van der Waals surface area contributed by atoms with Gasteiger partial charge in [-0.3, -0.25) is 4.79 Å². The molecule has 1 aromatic rings. The molecule has 0 amide bonds. The van der Waals surface area contributed by atoms with Gasteiger partial charge in [0.25, 0.3) is 5.09 Å². The van der Waals surface area contributed by atoms with Gasteiger partial charge < -0.3 is 19.0 Å². The molecule has 14 heteroatoms. The fourth-order valence-electron chi connectivity index (χ4n) is 2.31. The van der Waals surface area contributed by atoms with Crippen LogP contribution in [-0.2, 0) is 23.9 Å². The molecule has 1 aliphatic heterocycles. The number of hydrogen-bond acceptors (Lipinski definition) is 8. The first-order valence-electron chi connectivity index (χ1n) is 8.03. The Kier molecular flexibility index (Phi) is 7.73. The first-order valence-corrected chi connectivity index (χ1v) is 8.78. The first kappa shape index (κ1) is 23.5. The third-order valence-electron chi connectivity index (χ3n) is 3.53. The summed E-state index contributed by atoms with van der Waals surface area (Å²) in [5.41, 5.74) is -0.869. The van der Waals surface area contributed by atoms with Crippen LogP contribution < -0.4 is 4.74 Å². The largest absolute Gasteiger partial charge is 0.474 e. The molecule has 1 aliphatic rings. The Balaban J connectivity index is 2.02. The second-order valence-corrected chi connectivity index (χ2v) is 6.52. The lowest BCUT2D eigenvalue weighted by Gasteiger charge is -2.28. The zero-order valence-electron chi connectivity index (χ0n) is 14.7. The summed E-state index contributed by atoms with van der Waals surface area (Å²) in [7, 11) is 0. The molecule has 9 nitrogen and oxygen atoms in total. The predicted octanol–water partition coefficient (Wildman–Crippen LogP) is 3.73. The number of ether oxygens (including phenoxy) is 3. The highest BCUT2D eigenvalue weighted by Gasteiger charge is 2.49. The van der Waals surface area contributed by atoms with Gasteiger partial charge in [0.15, 0.2) is 0 Å². The van der Waals surface area contributed by atoms with Crippen LogP contribution in [0.4, 0.5) is 13.2 Å². The second kappa shape index (κ2) is 9.85. The van der Waals surface area contributed by atoms with E-state index in [9.17, 15) is 32.9 Å². The van der Waals surface area contributed by atoms with Crippen molar-refractivity contribution >= 4 is 41.2 Å². The number of hydrogen-bond donors (Lipinski definition) is 0. The highest BCUT2D eigenvalue weighted by Crippen LogP contribution is 2.42. The van der Waals surface area contributed by atoms with Crippen LogP contribution in [0.15, 0.2) is 17.7 Å². The number of carbonyl (C=O) groups excluding carboxylic acids is 2. The summed E-state index contributed by atoms with van der Waals surface area (Å²) in [5.74, 6) is -2.65. The lowest BCUT2D eigenvalue weighted by Crippen LogP contribution is -2.41. The standard InChI is InChI=1S/C16H12Cl2F3NO8/c17-9-4-8-5-10(14(16(19,20)21)30-13(8)11(18)6-9)15(24)28-7-27-12(23)2-1-3-29-22(25)26/h4-6,14H,1-3,7H2. The fourth-order valence-corrected chi connectivity index (χ4v) is 2.86. The molecule has 0 aromatic heterocycles. The lowest BCUT2D eigenvalue weighted by molar-refractivity contribution is -0.757. The van der Waals surface area contributed by atoms with E-state index in [2.05, 4.69) is 14.3 Å². The normalized spacial score (nSPS) is 15.4. The van der Waals surface area contributed by atoms with E-state index in [0.717, 1.165) is 6.08 Å². The minimum absolute atomic E-state index is 0.0303. The summed E-state index contributed by atoms with van der Waals surface area (Å²) in [6, 6.07) is 2.43. The fraction of sp³-hybridized carbons (Fsp3) is 0.375. The Labute approximate surface area is 176 Å². The van der Waals surface area contributed by atoms with Crippen LogP contribution in [0.3, 0.4) is 0 Å². The molecular weight excluding hydrogens is 462 g/mol. The summed E-state index contributed by atoms with van der Waals surface area (Å²) in [4.78, 5) is 37.5. The van der Waals surface area contributed by atoms with Crippen LogP contribution in [0.1, 0.15) is 18.4 Å². The van der Waals surface area contributed by atoms with Crippen molar-refractivity contribution < 1.29 is 46.9 Å². The van der Waals surface area contributed by atoms with E-state index in [1.54, 1.807) is 0 Å². The molecule has 0 aliphatic carbocycles. The molecule has 1 unspecified atom stereocenters. The predicted molar refractivity (Wildman–Crippen MR) is 94.1 cm³/mol. The molecule has 0 N–H and O–H groups in total. The minimum Gasteiger partial charge on any atom is -0.474 e. The Morgan fingerprint density at radius 1 is 1.23 bits per heavy atom. The first-order chi connectivity index (χ1) is 14.0. The number of halogens is 5. The van der Waals surface area contributed by atoms with Gasteiger partial charge in [0, 0.05) is 17.0 Å². The lowest BCUT2D eigenvalue weighted by atomic mass is 10.0. The maximum absolute atomic E-state index is 13.3. The molecule has 0 radical (unpaired) electrons. The van der Waals surface area contributed by atoms with Crippen molar-refractivity contribution in [1.82, 2.24) is 0 Å². The van der Waals surface area contributed by atoms with E-state index in [4.69, 9.17) is 27.9 Å². The number of nitrogens with zero attached hydrogens (tertiary/aromatic N) is 1. The van der Waals surface area contributed by atoms with Gasteiger partial charge in [-0.2, -0.15) is 13.2 Å². The average Bonchev–Trinajstić information content (AvgIpc) is 2.63. The minimum atomic E-state index is -4.97. The molecule has 30 heavy (non-hydrogen) atoms. The summed E-state index contributed by atoms with van der Waals surface area (Å²) < 4.78 is 54.0. The van der Waals surface area contributed by atoms with Crippen LogP contribution in [0.5, 0.6) is 5.75 Å². The summed E-state index contributed by atoms with van der Waals surface area (Å²) >= 11 is 11.7. The van der Waals surface area contributed by atoms with Crippen molar-refractivity contribution in [3.63, 3.8) is 0 Å². The Hall–Kier alpha value is -2.73. The topological polar surface area (TPSA) is 114 Å². The van der Waals surface area contributed by atoms with Crippen molar-refractivity contribution in [2.24, 2.45) is 0 Å². The van der Waals surface area contributed by atoms with Crippen molar-refractivity contribution in [3.05, 3.63) is 43.4 Å². The van der Waals surface area contributed by atoms with Gasteiger partial charge >= 0.3 is 18.1 Å². The number of esters is 2. The highest BCUT2D eigenvalue weighted by atomic mass is 35.5. The van der Waals surface area contributed by atoms with E-state index < -0.39 is 41.7 Å². The second-order valence-electron chi connectivity index (χ2n) is 5.67. The quantitative estimate of drug-likeness (QED) is 0.184. The SMILES string of the molecule is O=C(CCCO[N+](=O)[O-])OCOC(=O)C1=Cc2cc(Cl)cc(Cl)c2OC1C(F)(F)F. The molecule has 0 spiro atoms. The van der Waals surface area contributed by atoms with E-state index in [0.29, 0.717) is 0 Å². The Morgan fingerprint density at radius 3 is 2.57 bits per heavy atom. The van der Waals surface area contributed by atoms with E-state index in [1.165, 1.54) is 12.1 Å². The maximum atomic E-state index is 13.3. The molecule has 1 aromatic carbocycles. The third kappa shape index (κ3) is 6.39. The maximum Gasteiger partial charge on any atom is 0.430 e. The molecule has 1 heterocycles. The number of rotatable bonds is 8. The molecular formula is C16H12Cl2F3NO8. The van der Waals surface area contributed by atoms with Gasteiger partial charge in [-0.15, -0.1) is 10.1 Å². The van der Waals surface area contributed by atoms with Crippen molar-refractivity contribution in [2.75, 3.05) is 13.4 Å².